The SMILES string of the molecule is Cc1cc(C(F)(F)C(F)(F)C(F)(F)F)nc2sc(C(N)=O)c(N)c12. The number of hydrogen-bond acceptors (Lipinski definition) is 4. The second-order valence-corrected chi connectivity index (χ2v) is 5.86. The molecule has 2 aromatic heterocycles. The van der Waals surface area contributed by atoms with Crippen molar-refractivity contribution >= 4 is 33.1 Å². The van der Waals surface area contributed by atoms with E-state index in [4.69, 9.17) is 11.5 Å². The highest BCUT2D eigenvalue weighted by Crippen LogP contribution is 2.52. The molecule has 0 aliphatic heterocycles. The van der Waals surface area contributed by atoms with Gasteiger partial charge >= 0.3 is 18.0 Å². The molecule has 0 spiro atoms. The molecule has 1 amide bonds. The molecule has 0 fully saturated rings. The summed E-state index contributed by atoms with van der Waals surface area (Å²) in [6.07, 6.45) is -6.48. The molecule has 0 aromatic carbocycles. The van der Waals surface area contributed by atoms with Crippen LogP contribution in [0.3, 0.4) is 0 Å². The summed E-state index contributed by atoms with van der Waals surface area (Å²) in [5, 5.41) is -0.0105. The maximum Gasteiger partial charge on any atom is 0.460 e. The summed E-state index contributed by atoms with van der Waals surface area (Å²) in [6.45, 7) is 1.16. The number of aromatic nitrogens is 1. The summed E-state index contributed by atoms with van der Waals surface area (Å²) in [5.41, 5.74) is 8.50. The predicted molar refractivity (Wildman–Crippen MR) is 72.2 cm³/mol. The summed E-state index contributed by atoms with van der Waals surface area (Å²) in [4.78, 5) is 13.7. The van der Waals surface area contributed by atoms with Crippen LogP contribution in [0.5, 0.6) is 0 Å². The topological polar surface area (TPSA) is 82.0 Å². The molecule has 132 valence electrons. The third-order valence-corrected chi connectivity index (χ3v) is 4.31. The van der Waals surface area contributed by atoms with E-state index in [9.17, 15) is 35.5 Å². The Hall–Kier alpha value is -2.11. The molecular formula is C12H8F7N3OS. The summed E-state index contributed by atoms with van der Waals surface area (Å²) in [7, 11) is 0. The number of alkyl halides is 7. The zero-order valence-electron chi connectivity index (χ0n) is 11.6. The molecule has 4 N–H and O–H groups in total. The van der Waals surface area contributed by atoms with Crippen LogP contribution in [0.15, 0.2) is 6.07 Å². The maximum atomic E-state index is 13.8. The van der Waals surface area contributed by atoms with Gasteiger partial charge in [0.15, 0.2) is 0 Å². The van der Waals surface area contributed by atoms with Crippen LogP contribution in [0.25, 0.3) is 10.2 Å². The summed E-state index contributed by atoms with van der Waals surface area (Å²) in [5.74, 6) is -13.0. The first-order valence-electron chi connectivity index (χ1n) is 6.04. The number of thiophene rings is 1. The molecule has 0 saturated heterocycles. The van der Waals surface area contributed by atoms with E-state index in [0.717, 1.165) is 6.92 Å². The minimum atomic E-state index is -6.48. The Morgan fingerprint density at radius 3 is 2.17 bits per heavy atom. The van der Waals surface area contributed by atoms with Gasteiger partial charge in [-0.25, -0.2) is 4.98 Å². The monoisotopic (exact) mass is 375 g/mol. The normalized spacial score (nSPS) is 13.5. The number of carbonyl (C=O) groups excluding carboxylic acids is 1. The lowest BCUT2D eigenvalue weighted by Gasteiger charge is -2.27. The zero-order valence-corrected chi connectivity index (χ0v) is 12.5. The largest absolute Gasteiger partial charge is 0.460 e. The Morgan fingerprint density at radius 2 is 1.71 bits per heavy atom. The first kappa shape index (κ1) is 18.2. The standard InChI is InChI=1S/C12H8F7N3OS/c1-3-2-4(10(13,14)11(15,16)12(17,18)19)22-9-5(3)6(20)7(24-9)8(21)23/h2H,20H2,1H3,(H2,21,23). The average molecular weight is 375 g/mol. The fourth-order valence-electron chi connectivity index (χ4n) is 1.99. The van der Waals surface area contributed by atoms with Gasteiger partial charge in [-0.3, -0.25) is 4.79 Å². The quantitative estimate of drug-likeness (QED) is 0.805. The smallest absolute Gasteiger partial charge is 0.397 e. The first-order valence-corrected chi connectivity index (χ1v) is 6.85. The highest BCUT2D eigenvalue weighted by atomic mass is 32.1. The Morgan fingerprint density at radius 1 is 1.17 bits per heavy atom. The van der Waals surface area contributed by atoms with Gasteiger partial charge in [0.1, 0.15) is 15.4 Å². The van der Waals surface area contributed by atoms with Crippen LogP contribution in [-0.2, 0) is 5.92 Å². The van der Waals surface area contributed by atoms with Crippen LogP contribution in [-0.4, -0.2) is 23.0 Å². The number of halogens is 7. The van der Waals surface area contributed by atoms with Crippen LogP contribution >= 0.6 is 11.3 Å². The number of carbonyl (C=O) groups is 1. The highest BCUT2D eigenvalue weighted by Gasteiger charge is 2.74. The summed E-state index contributed by atoms with van der Waals surface area (Å²) < 4.78 is 90.6. The van der Waals surface area contributed by atoms with Crippen LogP contribution in [0.2, 0.25) is 0 Å². The van der Waals surface area contributed by atoms with Crippen LogP contribution in [0.1, 0.15) is 20.9 Å². The number of anilines is 1. The molecule has 0 aliphatic rings. The molecule has 0 bridgehead atoms. The fraction of sp³-hybridized carbons (Fsp3) is 0.333. The predicted octanol–water partition coefficient (Wildman–Crippen LogP) is 3.58. The van der Waals surface area contributed by atoms with Crippen molar-refractivity contribution in [2.75, 3.05) is 5.73 Å². The van der Waals surface area contributed by atoms with Crippen molar-refractivity contribution in [2.45, 2.75) is 24.9 Å². The third-order valence-electron chi connectivity index (χ3n) is 3.19. The minimum Gasteiger partial charge on any atom is -0.397 e. The Bertz CT molecular complexity index is 828. The van der Waals surface area contributed by atoms with Crippen molar-refractivity contribution in [3.05, 3.63) is 22.2 Å². The van der Waals surface area contributed by atoms with E-state index < -0.39 is 34.5 Å². The molecule has 0 aliphatic carbocycles. The molecule has 2 heterocycles. The van der Waals surface area contributed by atoms with E-state index in [1.54, 1.807) is 0 Å². The average Bonchev–Trinajstić information content (AvgIpc) is 2.75. The fourth-order valence-corrected chi connectivity index (χ4v) is 3.02. The van der Waals surface area contributed by atoms with E-state index in [1.807, 2.05) is 0 Å². The summed E-state index contributed by atoms with van der Waals surface area (Å²) >= 11 is 0.424. The highest BCUT2D eigenvalue weighted by molar-refractivity contribution is 7.21. The maximum absolute atomic E-state index is 13.8. The second kappa shape index (κ2) is 5.19. The molecule has 12 heteroatoms. The van der Waals surface area contributed by atoms with Gasteiger partial charge in [-0.05, 0) is 18.6 Å². The Kier molecular flexibility index (Phi) is 3.95. The van der Waals surface area contributed by atoms with Gasteiger partial charge < -0.3 is 11.5 Å². The van der Waals surface area contributed by atoms with Crippen molar-refractivity contribution in [3.8, 4) is 0 Å². The number of pyridine rings is 1. The number of fused-ring (bicyclic) bond motifs is 1. The number of nitrogens with zero attached hydrogens (tertiary/aromatic N) is 1. The lowest BCUT2D eigenvalue weighted by atomic mass is 10.0. The lowest BCUT2D eigenvalue weighted by Crippen LogP contribution is -2.50. The van der Waals surface area contributed by atoms with Gasteiger partial charge in [0.2, 0.25) is 0 Å². The van der Waals surface area contributed by atoms with Crippen molar-refractivity contribution in [1.29, 1.82) is 0 Å². The molecule has 0 unspecified atom stereocenters. The number of nitrogens with two attached hydrogens (primary N) is 2. The third kappa shape index (κ3) is 2.44. The number of rotatable bonds is 3. The Labute approximate surface area is 133 Å². The van der Waals surface area contributed by atoms with Gasteiger partial charge in [-0.2, -0.15) is 30.7 Å². The van der Waals surface area contributed by atoms with E-state index in [1.165, 1.54) is 0 Å². The van der Waals surface area contributed by atoms with Gasteiger partial charge in [0, 0.05) is 5.39 Å². The van der Waals surface area contributed by atoms with Gasteiger partial charge in [0.25, 0.3) is 5.91 Å². The van der Waals surface area contributed by atoms with E-state index in [2.05, 4.69) is 4.98 Å². The van der Waals surface area contributed by atoms with Gasteiger partial charge in [-0.15, -0.1) is 11.3 Å². The lowest BCUT2D eigenvalue weighted by molar-refractivity contribution is -0.360. The van der Waals surface area contributed by atoms with Crippen molar-refractivity contribution in [3.63, 3.8) is 0 Å². The summed E-state index contributed by atoms with van der Waals surface area (Å²) in [6, 6.07) is 0.371. The first-order chi connectivity index (χ1) is 10.7. The molecular weight excluding hydrogens is 367 g/mol. The van der Waals surface area contributed by atoms with Crippen LogP contribution < -0.4 is 11.5 Å². The molecule has 2 rings (SSSR count). The molecule has 4 nitrogen and oxygen atoms in total. The van der Waals surface area contributed by atoms with E-state index in [0.29, 0.717) is 17.4 Å². The molecule has 0 saturated carbocycles. The second-order valence-electron chi connectivity index (χ2n) is 4.86. The van der Waals surface area contributed by atoms with Crippen molar-refractivity contribution < 1.29 is 35.5 Å². The van der Waals surface area contributed by atoms with Gasteiger partial charge in [-0.1, -0.05) is 0 Å². The number of aryl methyl sites for hydroxylation is 1. The number of amides is 1. The molecule has 24 heavy (non-hydrogen) atoms. The van der Waals surface area contributed by atoms with E-state index in [-0.39, 0.29) is 21.5 Å². The zero-order chi connectivity index (χ0) is 18.7. The number of primary amides is 1. The van der Waals surface area contributed by atoms with Crippen LogP contribution in [0.4, 0.5) is 36.4 Å². The number of nitrogen functional groups attached to an aromatic ring is 1. The van der Waals surface area contributed by atoms with E-state index >= 15 is 0 Å². The molecule has 0 atom stereocenters. The van der Waals surface area contributed by atoms with Gasteiger partial charge in [0.05, 0.1) is 5.69 Å². The molecule has 0 radical (unpaired) electrons. The van der Waals surface area contributed by atoms with Crippen LogP contribution in [0, 0.1) is 6.92 Å². The minimum absolute atomic E-state index is 0.0105. The molecule has 2 aromatic rings. The van der Waals surface area contributed by atoms with Crippen molar-refractivity contribution in [2.24, 2.45) is 5.73 Å². The Balaban J connectivity index is 2.73. The number of hydrogen-bond donors (Lipinski definition) is 2. The van der Waals surface area contributed by atoms with Crippen molar-refractivity contribution in [1.82, 2.24) is 4.98 Å².